The third kappa shape index (κ3) is 5.37. The van der Waals surface area contributed by atoms with Gasteiger partial charge >= 0.3 is 0 Å². The Labute approximate surface area is 168 Å². The van der Waals surface area contributed by atoms with Gasteiger partial charge in [0.1, 0.15) is 10.6 Å². The van der Waals surface area contributed by atoms with E-state index in [4.69, 9.17) is 15.2 Å². The van der Waals surface area contributed by atoms with Crippen molar-refractivity contribution in [2.45, 2.75) is 11.3 Å². The summed E-state index contributed by atoms with van der Waals surface area (Å²) in [7, 11) is -4.08. The standard InChI is InChI=1S/C19H23N3O6S/c20-19(24)15-11-18-16(12-17(15)23)21-5-7-28-9-8-27-6-4-13-2-1-3-14(10-13)22-29(18,25)26/h1-3,10-12,21-23H,4-9H2,(H2,20,24). The Kier molecular flexibility index (Phi) is 6.57. The quantitative estimate of drug-likeness (QED) is 0.544. The summed E-state index contributed by atoms with van der Waals surface area (Å²) >= 11 is 0. The van der Waals surface area contributed by atoms with Crippen LogP contribution in [0.4, 0.5) is 11.4 Å². The van der Waals surface area contributed by atoms with Crippen molar-refractivity contribution < 1.29 is 27.8 Å². The van der Waals surface area contributed by atoms with Crippen molar-refractivity contribution in [3.63, 3.8) is 0 Å². The highest BCUT2D eigenvalue weighted by molar-refractivity contribution is 7.92. The number of carbonyl (C=O) groups is 1. The molecule has 0 aliphatic carbocycles. The monoisotopic (exact) mass is 421 g/mol. The molecule has 156 valence electrons. The fourth-order valence-corrected chi connectivity index (χ4v) is 4.14. The summed E-state index contributed by atoms with van der Waals surface area (Å²) in [6.45, 7) is 1.93. The lowest BCUT2D eigenvalue weighted by Crippen LogP contribution is -2.20. The van der Waals surface area contributed by atoms with Crippen molar-refractivity contribution >= 4 is 27.3 Å². The third-order valence-corrected chi connectivity index (χ3v) is 5.72. The van der Waals surface area contributed by atoms with Crippen LogP contribution < -0.4 is 15.8 Å². The van der Waals surface area contributed by atoms with Crippen molar-refractivity contribution in [3.05, 3.63) is 47.5 Å². The zero-order valence-electron chi connectivity index (χ0n) is 15.7. The van der Waals surface area contributed by atoms with Gasteiger partial charge in [-0.25, -0.2) is 8.42 Å². The van der Waals surface area contributed by atoms with Crippen molar-refractivity contribution in [2.75, 3.05) is 43.0 Å². The maximum Gasteiger partial charge on any atom is 0.263 e. The number of carbonyl (C=O) groups excluding carboxylic acids is 1. The third-order valence-electron chi connectivity index (χ3n) is 4.30. The van der Waals surface area contributed by atoms with Crippen LogP contribution in [-0.2, 0) is 25.9 Å². The number of nitrogens with two attached hydrogens (primary N) is 1. The van der Waals surface area contributed by atoms with Crippen molar-refractivity contribution in [1.29, 1.82) is 0 Å². The van der Waals surface area contributed by atoms with Crippen molar-refractivity contribution in [1.82, 2.24) is 0 Å². The van der Waals surface area contributed by atoms with Crippen LogP contribution in [0.5, 0.6) is 5.75 Å². The number of amides is 1. The van der Waals surface area contributed by atoms with Crippen LogP contribution in [0.15, 0.2) is 41.3 Å². The molecule has 1 amide bonds. The van der Waals surface area contributed by atoms with Crippen LogP contribution in [0.25, 0.3) is 0 Å². The number of hydrogen-bond donors (Lipinski definition) is 4. The topological polar surface area (TPSA) is 140 Å². The average molecular weight is 421 g/mol. The molecule has 0 fully saturated rings. The van der Waals surface area contributed by atoms with E-state index < -0.39 is 21.7 Å². The molecule has 29 heavy (non-hydrogen) atoms. The summed E-state index contributed by atoms with van der Waals surface area (Å²) in [5.74, 6) is -1.34. The molecule has 0 saturated carbocycles. The van der Waals surface area contributed by atoms with E-state index in [1.165, 1.54) is 0 Å². The minimum Gasteiger partial charge on any atom is -0.507 e. The number of phenols is 1. The molecule has 2 aromatic rings. The smallest absolute Gasteiger partial charge is 0.263 e. The number of anilines is 2. The van der Waals surface area contributed by atoms with Crippen LogP contribution in [0.2, 0.25) is 0 Å². The molecule has 1 aliphatic rings. The van der Waals surface area contributed by atoms with Crippen molar-refractivity contribution in [2.24, 2.45) is 5.73 Å². The first-order chi connectivity index (χ1) is 13.9. The Morgan fingerprint density at radius 1 is 1.07 bits per heavy atom. The highest BCUT2D eigenvalue weighted by Gasteiger charge is 2.23. The molecule has 0 aromatic heterocycles. The first-order valence-electron chi connectivity index (χ1n) is 9.05. The maximum atomic E-state index is 13.0. The summed E-state index contributed by atoms with van der Waals surface area (Å²) in [4.78, 5) is 11.4. The molecule has 0 atom stereocenters. The van der Waals surface area contributed by atoms with E-state index in [0.717, 1.165) is 17.7 Å². The molecule has 2 bridgehead atoms. The largest absolute Gasteiger partial charge is 0.507 e. The Bertz CT molecular complexity index is 993. The molecule has 0 radical (unpaired) electrons. The summed E-state index contributed by atoms with van der Waals surface area (Å²) in [5, 5.41) is 13.0. The van der Waals surface area contributed by atoms with Gasteiger partial charge in [0.25, 0.3) is 15.9 Å². The molecule has 10 heteroatoms. The molecule has 9 nitrogen and oxygen atoms in total. The van der Waals surface area contributed by atoms with Gasteiger partial charge in [-0.1, -0.05) is 12.1 Å². The minimum absolute atomic E-state index is 0.128. The molecule has 0 unspecified atom stereocenters. The summed E-state index contributed by atoms with van der Waals surface area (Å²) < 4.78 is 39.5. The van der Waals surface area contributed by atoms with Crippen LogP contribution in [0.1, 0.15) is 15.9 Å². The number of rotatable bonds is 1. The number of fused-ring (bicyclic) bond motifs is 3. The van der Waals surface area contributed by atoms with E-state index in [1.54, 1.807) is 18.2 Å². The molecule has 0 spiro atoms. The molecule has 3 rings (SSSR count). The van der Waals surface area contributed by atoms with Crippen LogP contribution in [0, 0.1) is 0 Å². The molecular weight excluding hydrogens is 398 g/mol. The van der Waals surface area contributed by atoms with Gasteiger partial charge in [0, 0.05) is 18.3 Å². The number of aromatic hydroxyl groups is 1. The number of nitrogens with one attached hydrogen (secondary N) is 2. The Morgan fingerprint density at radius 2 is 1.83 bits per heavy atom. The van der Waals surface area contributed by atoms with Gasteiger partial charge in [-0.05, 0) is 30.2 Å². The summed E-state index contributed by atoms with van der Waals surface area (Å²) in [6, 6.07) is 9.18. The Hall–Kier alpha value is -2.82. The fourth-order valence-electron chi connectivity index (χ4n) is 2.90. The highest BCUT2D eigenvalue weighted by Crippen LogP contribution is 2.31. The molecule has 2 aromatic carbocycles. The van der Waals surface area contributed by atoms with Gasteiger partial charge in [-0.2, -0.15) is 0 Å². The number of primary amides is 1. The number of sulfonamides is 1. The van der Waals surface area contributed by atoms with Crippen LogP contribution in [0.3, 0.4) is 0 Å². The zero-order valence-corrected chi connectivity index (χ0v) is 16.5. The summed E-state index contributed by atoms with van der Waals surface area (Å²) in [6.07, 6.45) is 0.618. The molecule has 0 saturated heterocycles. The second-order valence-electron chi connectivity index (χ2n) is 6.44. The van der Waals surface area contributed by atoms with E-state index in [0.29, 0.717) is 38.5 Å². The second kappa shape index (κ2) is 9.12. The highest BCUT2D eigenvalue weighted by atomic mass is 32.2. The van der Waals surface area contributed by atoms with E-state index in [-0.39, 0.29) is 22.7 Å². The molecule has 1 aliphatic heterocycles. The van der Waals surface area contributed by atoms with Gasteiger partial charge in [0.15, 0.2) is 0 Å². The van der Waals surface area contributed by atoms with Gasteiger partial charge in [-0.15, -0.1) is 0 Å². The number of benzene rings is 2. The average Bonchev–Trinajstić information content (AvgIpc) is 2.65. The SMILES string of the molecule is NC(=O)c1cc2c(cc1O)NCCOCCOCCc1cccc(c1)NS2(=O)=O. The lowest BCUT2D eigenvalue weighted by atomic mass is 10.1. The maximum absolute atomic E-state index is 13.0. The van der Waals surface area contributed by atoms with Gasteiger partial charge in [-0.3, -0.25) is 9.52 Å². The van der Waals surface area contributed by atoms with Gasteiger partial charge in [0.05, 0.1) is 37.7 Å². The van der Waals surface area contributed by atoms with Crippen LogP contribution >= 0.6 is 0 Å². The number of ether oxygens (including phenoxy) is 2. The zero-order chi connectivity index (χ0) is 20.9. The lowest BCUT2D eigenvalue weighted by Gasteiger charge is -2.17. The Balaban J connectivity index is 2.02. The molecular formula is C19H23N3O6S. The normalized spacial score (nSPS) is 17.4. The first kappa shape index (κ1) is 20.9. The lowest BCUT2D eigenvalue weighted by molar-refractivity contribution is 0.0528. The van der Waals surface area contributed by atoms with E-state index >= 15 is 0 Å². The van der Waals surface area contributed by atoms with Gasteiger partial charge in [0.2, 0.25) is 0 Å². The first-order valence-corrected chi connectivity index (χ1v) is 10.5. The molecule has 5 N–H and O–H groups in total. The van der Waals surface area contributed by atoms with E-state index in [9.17, 15) is 18.3 Å². The fraction of sp³-hybridized carbons (Fsp3) is 0.316. The van der Waals surface area contributed by atoms with Crippen LogP contribution in [-0.4, -0.2) is 52.4 Å². The predicted molar refractivity (Wildman–Crippen MR) is 108 cm³/mol. The minimum atomic E-state index is -4.08. The second-order valence-corrected chi connectivity index (χ2v) is 8.09. The predicted octanol–water partition coefficient (Wildman–Crippen LogP) is 1.29. The van der Waals surface area contributed by atoms with Crippen molar-refractivity contribution in [3.8, 4) is 5.75 Å². The summed E-state index contributed by atoms with van der Waals surface area (Å²) in [5.41, 5.74) is 6.38. The van der Waals surface area contributed by atoms with E-state index in [1.807, 2.05) is 6.07 Å². The van der Waals surface area contributed by atoms with E-state index in [2.05, 4.69) is 10.0 Å². The number of hydrogen-bond acceptors (Lipinski definition) is 7. The Morgan fingerprint density at radius 3 is 2.59 bits per heavy atom. The molecule has 1 heterocycles. The van der Waals surface area contributed by atoms with Gasteiger partial charge < -0.3 is 25.6 Å².